The predicted octanol–water partition coefficient (Wildman–Crippen LogP) is 5.29. The number of benzene rings is 2. The molecule has 2 aromatic carbocycles. The quantitative estimate of drug-likeness (QED) is 0.475. The Morgan fingerprint density at radius 3 is 2.38 bits per heavy atom. The van der Waals surface area contributed by atoms with Crippen LogP contribution in [0.1, 0.15) is 11.1 Å². The van der Waals surface area contributed by atoms with Crippen LogP contribution in [-0.4, -0.2) is 16.2 Å². The molecule has 0 bridgehead atoms. The lowest BCUT2D eigenvalue weighted by molar-refractivity contribution is 1.21. The molecule has 3 rings (SSSR count). The van der Waals surface area contributed by atoms with E-state index in [2.05, 4.69) is 43.3 Å². The smallest absolute Gasteiger partial charge is 0.161 e. The molecule has 0 aliphatic heterocycles. The Hall–Kier alpha value is -1.58. The predicted molar refractivity (Wildman–Crippen MR) is 91.2 cm³/mol. The summed E-state index contributed by atoms with van der Waals surface area (Å²) in [6, 6.07) is 12.4. The van der Waals surface area contributed by atoms with Gasteiger partial charge in [-0.05, 0) is 43.9 Å². The van der Waals surface area contributed by atoms with Crippen LogP contribution < -0.4 is 0 Å². The van der Waals surface area contributed by atoms with Gasteiger partial charge in [-0.2, -0.15) is 0 Å². The average molecular weight is 315 g/mol. The summed E-state index contributed by atoms with van der Waals surface area (Å²) in [6.45, 7) is 4.11. The van der Waals surface area contributed by atoms with Crippen LogP contribution >= 0.6 is 23.4 Å². The Morgan fingerprint density at radius 2 is 1.71 bits per heavy atom. The van der Waals surface area contributed by atoms with E-state index in [1.165, 1.54) is 10.5 Å². The van der Waals surface area contributed by atoms with Crippen LogP contribution in [-0.2, 0) is 0 Å². The van der Waals surface area contributed by atoms with Gasteiger partial charge in [0.05, 0.1) is 5.52 Å². The van der Waals surface area contributed by atoms with E-state index in [9.17, 15) is 0 Å². The summed E-state index contributed by atoms with van der Waals surface area (Å²) in [5.74, 6) is 0.673. The highest BCUT2D eigenvalue weighted by Gasteiger charge is 2.10. The minimum atomic E-state index is 0.510. The number of aromatic nitrogens is 2. The molecule has 3 aromatic rings. The van der Waals surface area contributed by atoms with Gasteiger partial charge < -0.3 is 0 Å². The summed E-state index contributed by atoms with van der Waals surface area (Å²) in [6.07, 6.45) is 2.06. The Morgan fingerprint density at radius 1 is 1.00 bits per heavy atom. The van der Waals surface area contributed by atoms with Gasteiger partial charge in [0.2, 0.25) is 0 Å². The van der Waals surface area contributed by atoms with Crippen LogP contribution in [0.3, 0.4) is 0 Å². The molecule has 0 amide bonds. The SMILES string of the molecule is CSc1ccc(-c2nc(Cl)c3cc(C)cc(C)c3n2)cc1. The number of fused-ring (bicyclic) bond motifs is 1. The van der Waals surface area contributed by atoms with E-state index in [0.29, 0.717) is 11.0 Å². The van der Waals surface area contributed by atoms with Gasteiger partial charge in [0.25, 0.3) is 0 Å². The molecular weight excluding hydrogens is 300 g/mol. The first kappa shape index (κ1) is 14.4. The Kier molecular flexibility index (Phi) is 3.87. The third-order valence-electron chi connectivity index (χ3n) is 3.44. The van der Waals surface area contributed by atoms with E-state index in [1.54, 1.807) is 11.8 Å². The highest BCUT2D eigenvalue weighted by Crippen LogP contribution is 2.28. The molecular formula is C17H15ClN2S. The summed E-state index contributed by atoms with van der Waals surface area (Å²) in [5, 5.41) is 1.43. The van der Waals surface area contributed by atoms with Crippen LogP contribution in [0.5, 0.6) is 0 Å². The molecule has 0 N–H and O–H groups in total. The Bertz CT molecular complexity index is 813. The highest BCUT2D eigenvalue weighted by atomic mass is 35.5. The fraction of sp³-hybridized carbons (Fsp3) is 0.176. The van der Waals surface area contributed by atoms with Gasteiger partial charge in [-0.1, -0.05) is 35.4 Å². The van der Waals surface area contributed by atoms with Crippen LogP contribution in [0.2, 0.25) is 5.15 Å². The van der Waals surface area contributed by atoms with E-state index in [0.717, 1.165) is 22.0 Å². The van der Waals surface area contributed by atoms with Crippen molar-refractivity contribution in [2.45, 2.75) is 18.7 Å². The number of thioether (sulfide) groups is 1. The highest BCUT2D eigenvalue weighted by molar-refractivity contribution is 7.98. The Labute approximate surface area is 133 Å². The van der Waals surface area contributed by atoms with Crippen molar-refractivity contribution >= 4 is 34.3 Å². The summed E-state index contributed by atoms with van der Waals surface area (Å²) in [4.78, 5) is 10.4. The van der Waals surface area contributed by atoms with Gasteiger partial charge in [-0.15, -0.1) is 11.8 Å². The lowest BCUT2D eigenvalue weighted by atomic mass is 10.1. The van der Waals surface area contributed by atoms with Crippen LogP contribution in [0, 0.1) is 13.8 Å². The molecule has 0 aliphatic carbocycles. The molecule has 1 aromatic heterocycles. The zero-order valence-electron chi connectivity index (χ0n) is 12.1. The molecule has 0 saturated carbocycles. The first-order valence-electron chi connectivity index (χ1n) is 6.67. The van der Waals surface area contributed by atoms with Gasteiger partial charge in [0, 0.05) is 15.8 Å². The second-order valence-corrected chi connectivity index (χ2v) is 6.28. The molecule has 21 heavy (non-hydrogen) atoms. The normalized spacial score (nSPS) is 11.0. The summed E-state index contributed by atoms with van der Waals surface area (Å²) >= 11 is 8.07. The maximum absolute atomic E-state index is 6.36. The maximum atomic E-state index is 6.36. The second-order valence-electron chi connectivity index (χ2n) is 5.04. The molecule has 0 spiro atoms. The van der Waals surface area contributed by atoms with E-state index in [4.69, 9.17) is 16.6 Å². The van der Waals surface area contributed by atoms with Crippen LogP contribution in [0.15, 0.2) is 41.3 Å². The first-order chi connectivity index (χ1) is 10.1. The van der Waals surface area contributed by atoms with Gasteiger partial charge >= 0.3 is 0 Å². The van der Waals surface area contributed by atoms with Gasteiger partial charge in [-0.3, -0.25) is 0 Å². The molecule has 106 valence electrons. The van der Waals surface area contributed by atoms with Crippen molar-refractivity contribution in [1.82, 2.24) is 9.97 Å². The number of hydrogen-bond acceptors (Lipinski definition) is 3. The molecule has 0 aliphatic rings. The number of hydrogen-bond donors (Lipinski definition) is 0. The van der Waals surface area contributed by atoms with E-state index in [1.807, 2.05) is 18.2 Å². The molecule has 0 saturated heterocycles. The molecule has 0 fully saturated rings. The number of halogens is 1. The third-order valence-corrected chi connectivity index (χ3v) is 4.47. The van der Waals surface area contributed by atoms with Gasteiger partial charge in [0.15, 0.2) is 5.82 Å². The summed E-state index contributed by atoms with van der Waals surface area (Å²) in [5.41, 5.74) is 4.19. The molecule has 1 heterocycles. The topological polar surface area (TPSA) is 25.8 Å². The lowest BCUT2D eigenvalue weighted by Gasteiger charge is -2.08. The fourth-order valence-electron chi connectivity index (χ4n) is 2.42. The van der Waals surface area contributed by atoms with E-state index >= 15 is 0 Å². The maximum Gasteiger partial charge on any atom is 0.161 e. The monoisotopic (exact) mass is 314 g/mol. The molecule has 0 atom stereocenters. The molecule has 2 nitrogen and oxygen atoms in total. The van der Waals surface area contributed by atoms with Crippen molar-refractivity contribution in [2.75, 3.05) is 6.26 Å². The van der Waals surface area contributed by atoms with E-state index < -0.39 is 0 Å². The van der Waals surface area contributed by atoms with Crippen LogP contribution in [0.4, 0.5) is 0 Å². The van der Waals surface area contributed by atoms with Crippen molar-refractivity contribution < 1.29 is 0 Å². The molecule has 0 radical (unpaired) electrons. The number of nitrogens with zero attached hydrogens (tertiary/aromatic N) is 2. The minimum absolute atomic E-state index is 0.510. The molecule has 0 unspecified atom stereocenters. The zero-order chi connectivity index (χ0) is 15.0. The molecule has 4 heteroatoms. The van der Waals surface area contributed by atoms with Crippen molar-refractivity contribution in [3.05, 3.63) is 52.7 Å². The largest absolute Gasteiger partial charge is 0.228 e. The minimum Gasteiger partial charge on any atom is -0.228 e. The third kappa shape index (κ3) is 2.76. The lowest BCUT2D eigenvalue weighted by Crippen LogP contribution is -1.94. The zero-order valence-corrected chi connectivity index (χ0v) is 13.7. The first-order valence-corrected chi connectivity index (χ1v) is 8.27. The average Bonchev–Trinajstić information content (AvgIpc) is 2.48. The number of rotatable bonds is 2. The summed E-state index contributed by atoms with van der Waals surface area (Å²) < 4.78 is 0. The van der Waals surface area contributed by atoms with Crippen LogP contribution in [0.25, 0.3) is 22.3 Å². The Balaban J connectivity index is 2.19. The second kappa shape index (κ2) is 5.66. The van der Waals surface area contributed by atoms with Crippen molar-refractivity contribution in [3.8, 4) is 11.4 Å². The van der Waals surface area contributed by atoms with Crippen molar-refractivity contribution in [3.63, 3.8) is 0 Å². The van der Waals surface area contributed by atoms with Crippen molar-refractivity contribution in [2.24, 2.45) is 0 Å². The van der Waals surface area contributed by atoms with Gasteiger partial charge in [-0.25, -0.2) is 9.97 Å². The standard InChI is InChI=1S/C17H15ClN2S/c1-10-8-11(2)15-14(9-10)16(18)20-17(19-15)12-4-6-13(21-3)7-5-12/h4-9H,1-3H3. The van der Waals surface area contributed by atoms with Crippen molar-refractivity contribution in [1.29, 1.82) is 0 Å². The van der Waals surface area contributed by atoms with E-state index in [-0.39, 0.29) is 0 Å². The van der Waals surface area contributed by atoms with Gasteiger partial charge in [0.1, 0.15) is 5.15 Å². The number of aryl methyl sites for hydroxylation is 2. The summed E-state index contributed by atoms with van der Waals surface area (Å²) in [7, 11) is 0. The fourth-order valence-corrected chi connectivity index (χ4v) is 3.05.